The lowest BCUT2D eigenvalue weighted by Gasteiger charge is -2.28. The zero-order chi connectivity index (χ0) is 23.9. The summed E-state index contributed by atoms with van der Waals surface area (Å²) in [6, 6.07) is 9.84. The molecule has 1 fully saturated rings. The van der Waals surface area contributed by atoms with Crippen molar-refractivity contribution in [3.8, 4) is 11.8 Å². The van der Waals surface area contributed by atoms with Crippen LogP contribution in [0.3, 0.4) is 0 Å². The standard InChI is InChI=1S/C26H31N5O2.BrH/c1-26(2,3)19-12-18(13-21(30(4)5)24(19)33-11-10-27)22(32)15-31-14-17-8-9-20(16-6-7-16)29-23(17)25(31)28;/h8-9,12-13,16,28H,6-7,11,14-15H2,1-5H3;1H. The Bertz CT molecular complexity index is 1160. The van der Waals surface area contributed by atoms with Crippen molar-refractivity contribution < 1.29 is 9.53 Å². The molecule has 0 spiro atoms. The van der Waals surface area contributed by atoms with Gasteiger partial charge in [-0.15, -0.1) is 17.0 Å². The summed E-state index contributed by atoms with van der Waals surface area (Å²) in [5.74, 6) is 1.42. The van der Waals surface area contributed by atoms with Crippen LogP contribution in [0.5, 0.6) is 5.75 Å². The number of hydrogen-bond donors (Lipinski definition) is 1. The highest BCUT2D eigenvalue weighted by Crippen LogP contribution is 2.41. The van der Waals surface area contributed by atoms with Crippen LogP contribution in [0.2, 0.25) is 0 Å². The Morgan fingerprint density at radius 2 is 2.00 bits per heavy atom. The van der Waals surface area contributed by atoms with E-state index in [-0.39, 0.29) is 41.3 Å². The maximum absolute atomic E-state index is 13.4. The third kappa shape index (κ3) is 5.10. The van der Waals surface area contributed by atoms with Crippen LogP contribution in [0.4, 0.5) is 5.69 Å². The van der Waals surface area contributed by atoms with Crippen molar-refractivity contribution in [2.45, 2.75) is 51.5 Å². The Hall–Kier alpha value is -2.92. The van der Waals surface area contributed by atoms with Gasteiger partial charge in [-0.25, -0.2) is 4.98 Å². The SMILES string of the molecule is Br.CN(C)c1cc(C(=O)CN2Cc3ccc(C4CC4)nc3C2=N)cc(C(C)(C)C)c1OCC#N. The van der Waals surface area contributed by atoms with Crippen LogP contribution in [0.25, 0.3) is 0 Å². The van der Waals surface area contributed by atoms with E-state index in [1.165, 1.54) is 12.8 Å². The first kappa shape index (κ1) is 25.7. The molecule has 8 heteroatoms. The highest BCUT2D eigenvalue weighted by atomic mass is 79.9. The molecular weight excluding hydrogens is 494 g/mol. The minimum atomic E-state index is -0.286. The molecule has 0 radical (unpaired) electrons. The second-order valence-electron chi connectivity index (χ2n) is 10.1. The lowest BCUT2D eigenvalue weighted by molar-refractivity contribution is 0.0962. The summed E-state index contributed by atoms with van der Waals surface area (Å²) in [6.07, 6.45) is 2.33. The van der Waals surface area contributed by atoms with E-state index >= 15 is 0 Å². The van der Waals surface area contributed by atoms with Gasteiger partial charge in [-0.3, -0.25) is 10.2 Å². The first-order valence-corrected chi connectivity index (χ1v) is 11.3. The molecule has 2 aromatic rings. The second kappa shape index (κ2) is 9.75. The molecular formula is C26H32BrN5O2. The number of pyridine rings is 1. The molecule has 1 aliphatic heterocycles. The van der Waals surface area contributed by atoms with Gasteiger partial charge >= 0.3 is 0 Å². The fourth-order valence-electron chi connectivity index (χ4n) is 4.20. The van der Waals surface area contributed by atoms with Gasteiger partial charge in [-0.05, 0) is 36.5 Å². The molecule has 180 valence electrons. The highest BCUT2D eigenvalue weighted by Gasteiger charge is 2.32. The van der Waals surface area contributed by atoms with E-state index in [1.54, 1.807) is 4.90 Å². The van der Waals surface area contributed by atoms with Gasteiger partial charge < -0.3 is 14.5 Å². The van der Waals surface area contributed by atoms with Crippen LogP contribution in [0, 0.1) is 16.7 Å². The molecule has 0 atom stereocenters. The Labute approximate surface area is 212 Å². The highest BCUT2D eigenvalue weighted by molar-refractivity contribution is 8.93. The number of benzene rings is 1. The number of anilines is 1. The second-order valence-corrected chi connectivity index (χ2v) is 10.1. The number of nitrogens with one attached hydrogen (secondary N) is 1. The predicted molar refractivity (Wildman–Crippen MR) is 139 cm³/mol. The number of ketones is 1. The van der Waals surface area contributed by atoms with Crippen LogP contribution in [0.1, 0.15) is 72.4 Å². The normalized spacial score (nSPS) is 14.8. The summed E-state index contributed by atoms with van der Waals surface area (Å²) in [4.78, 5) is 21.8. The molecule has 0 saturated heterocycles. The van der Waals surface area contributed by atoms with E-state index in [9.17, 15) is 4.79 Å². The fourth-order valence-corrected chi connectivity index (χ4v) is 4.20. The average molecular weight is 526 g/mol. The maximum atomic E-state index is 13.4. The number of carbonyl (C=O) groups excluding carboxylic acids is 1. The van der Waals surface area contributed by atoms with E-state index in [2.05, 4.69) is 32.9 Å². The van der Waals surface area contributed by atoms with Crippen LogP contribution >= 0.6 is 17.0 Å². The molecule has 2 heterocycles. The zero-order valence-electron chi connectivity index (χ0n) is 20.4. The summed E-state index contributed by atoms with van der Waals surface area (Å²) in [6.45, 7) is 6.76. The minimum absolute atomic E-state index is 0. The number of nitrogens with zero attached hydrogens (tertiary/aromatic N) is 4. The van der Waals surface area contributed by atoms with Crippen molar-refractivity contribution in [2.24, 2.45) is 0 Å². The minimum Gasteiger partial charge on any atom is -0.476 e. The predicted octanol–water partition coefficient (Wildman–Crippen LogP) is 4.83. The molecule has 4 rings (SSSR count). The Kier molecular flexibility index (Phi) is 7.37. The number of halogens is 1. The number of ether oxygens (including phenoxy) is 1. The van der Waals surface area contributed by atoms with Crippen molar-refractivity contribution in [1.29, 1.82) is 10.7 Å². The monoisotopic (exact) mass is 525 g/mol. The zero-order valence-corrected chi connectivity index (χ0v) is 22.1. The van der Waals surface area contributed by atoms with Crippen LogP contribution in [-0.2, 0) is 12.0 Å². The van der Waals surface area contributed by atoms with Crippen molar-refractivity contribution in [3.05, 3.63) is 52.3 Å². The largest absolute Gasteiger partial charge is 0.476 e. The number of Topliss-reactive ketones (excluding diaryl/α,β-unsaturated/α-hetero) is 1. The number of rotatable bonds is 7. The van der Waals surface area contributed by atoms with Gasteiger partial charge in [0.2, 0.25) is 0 Å². The number of hydrogen-bond acceptors (Lipinski definition) is 6. The van der Waals surface area contributed by atoms with E-state index in [4.69, 9.17) is 20.4 Å². The van der Waals surface area contributed by atoms with Gasteiger partial charge in [0.1, 0.15) is 23.3 Å². The van der Waals surface area contributed by atoms with Crippen molar-refractivity contribution in [1.82, 2.24) is 9.88 Å². The molecule has 2 aliphatic rings. The van der Waals surface area contributed by atoms with E-state index in [0.717, 1.165) is 22.5 Å². The first-order chi connectivity index (χ1) is 15.6. The van der Waals surface area contributed by atoms with Gasteiger partial charge in [0.15, 0.2) is 12.4 Å². The van der Waals surface area contributed by atoms with Gasteiger partial charge in [0.25, 0.3) is 0 Å². The Balaban J connectivity index is 0.00000324. The number of nitriles is 1. The maximum Gasteiger partial charge on any atom is 0.182 e. The Morgan fingerprint density at radius 1 is 1.29 bits per heavy atom. The molecule has 0 amide bonds. The number of fused-ring (bicyclic) bond motifs is 1. The molecule has 1 aliphatic carbocycles. The summed E-state index contributed by atoms with van der Waals surface area (Å²) < 4.78 is 5.80. The summed E-state index contributed by atoms with van der Waals surface area (Å²) >= 11 is 0. The third-order valence-electron chi connectivity index (χ3n) is 6.19. The van der Waals surface area contributed by atoms with Gasteiger partial charge in [-0.1, -0.05) is 26.8 Å². The quantitative estimate of drug-likeness (QED) is 0.520. The molecule has 7 nitrogen and oxygen atoms in total. The smallest absolute Gasteiger partial charge is 0.182 e. The van der Waals surface area contributed by atoms with Crippen molar-refractivity contribution in [3.63, 3.8) is 0 Å². The molecule has 0 bridgehead atoms. The van der Waals surface area contributed by atoms with Crippen LogP contribution in [0.15, 0.2) is 24.3 Å². The number of aromatic nitrogens is 1. The number of carbonyl (C=O) groups is 1. The average Bonchev–Trinajstić information content (AvgIpc) is 3.56. The van der Waals surface area contributed by atoms with Gasteiger partial charge in [0.05, 0.1) is 12.2 Å². The van der Waals surface area contributed by atoms with E-state index in [1.807, 2.05) is 37.2 Å². The topological polar surface area (TPSA) is 93.3 Å². The summed E-state index contributed by atoms with van der Waals surface area (Å²) in [7, 11) is 3.79. The third-order valence-corrected chi connectivity index (χ3v) is 6.19. The molecule has 1 saturated carbocycles. The number of amidine groups is 1. The van der Waals surface area contributed by atoms with Gasteiger partial charge in [-0.2, -0.15) is 5.26 Å². The van der Waals surface area contributed by atoms with E-state index < -0.39 is 0 Å². The van der Waals surface area contributed by atoms with Crippen molar-refractivity contribution >= 4 is 34.3 Å². The van der Waals surface area contributed by atoms with Gasteiger partial charge in [0, 0.05) is 48.9 Å². The van der Waals surface area contributed by atoms with Crippen LogP contribution in [-0.4, -0.2) is 48.7 Å². The lowest BCUT2D eigenvalue weighted by Crippen LogP contribution is -2.31. The summed E-state index contributed by atoms with van der Waals surface area (Å²) in [5, 5.41) is 17.6. The summed E-state index contributed by atoms with van der Waals surface area (Å²) in [5.41, 5.74) is 4.69. The first-order valence-electron chi connectivity index (χ1n) is 11.3. The fraction of sp³-hybridized carbons (Fsp3) is 0.462. The Morgan fingerprint density at radius 3 is 2.59 bits per heavy atom. The molecule has 1 aromatic carbocycles. The molecule has 1 N–H and O–H groups in total. The molecule has 34 heavy (non-hydrogen) atoms. The van der Waals surface area contributed by atoms with Crippen LogP contribution < -0.4 is 9.64 Å². The van der Waals surface area contributed by atoms with Crippen molar-refractivity contribution in [2.75, 3.05) is 32.1 Å². The molecule has 1 aromatic heterocycles. The lowest BCUT2D eigenvalue weighted by atomic mass is 9.84. The molecule has 0 unspecified atom stereocenters. The van der Waals surface area contributed by atoms with E-state index in [0.29, 0.717) is 35.3 Å².